The molecule has 144 valence electrons. The largest absolute Gasteiger partial charge is 0.398 e. The Hall–Kier alpha value is -1.27. The van der Waals surface area contributed by atoms with Crippen LogP contribution in [0.2, 0.25) is 0 Å². The maximum atomic E-state index is 13.5. The minimum absolute atomic E-state index is 0.264. The molecule has 0 radical (unpaired) electrons. The van der Waals surface area contributed by atoms with E-state index in [4.69, 9.17) is 11.5 Å². The van der Waals surface area contributed by atoms with Crippen molar-refractivity contribution in [2.45, 2.75) is 76.2 Å². The van der Waals surface area contributed by atoms with Crippen LogP contribution in [0.15, 0.2) is 4.90 Å². The van der Waals surface area contributed by atoms with Crippen molar-refractivity contribution in [3.63, 3.8) is 0 Å². The second-order valence-electron chi connectivity index (χ2n) is 9.04. The third-order valence-corrected chi connectivity index (χ3v) is 8.95. The van der Waals surface area contributed by atoms with Crippen molar-refractivity contribution in [3.05, 3.63) is 16.7 Å². The second kappa shape index (κ2) is 5.86. The fourth-order valence-corrected chi connectivity index (χ4v) is 8.42. The standard InChI is InChI=1S/C20H31N3O2S/c1-4-16-18(22)11(2)17(21)12(3)19(16)26(24,25)23-20-8-13-5-14(9-20)7-15(6-13)10-20/h13-15,23H,4-10,21-22H2,1-3H3. The van der Waals surface area contributed by atoms with Crippen molar-refractivity contribution in [2.24, 2.45) is 17.8 Å². The Labute approximate surface area is 157 Å². The Morgan fingerprint density at radius 1 is 0.962 bits per heavy atom. The van der Waals surface area contributed by atoms with Crippen LogP contribution in [0.1, 0.15) is 62.1 Å². The van der Waals surface area contributed by atoms with E-state index in [9.17, 15) is 8.42 Å². The molecule has 4 saturated carbocycles. The molecule has 0 saturated heterocycles. The summed E-state index contributed by atoms with van der Waals surface area (Å²) in [5.41, 5.74) is 15.3. The zero-order chi connectivity index (χ0) is 18.9. The Morgan fingerprint density at radius 3 is 1.92 bits per heavy atom. The molecular weight excluding hydrogens is 346 g/mol. The van der Waals surface area contributed by atoms with Gasteiger partial charge in [0, 0.05) is 16.9 Å². The zero-order valence-electron chi connectivity index (χ0n) is 16.1. The van der Waals surface area contributed by atoms with Gasteiger partial charge in [-0.3, -0.25) is 0 Å². The van der Waals surface area contributed by atoms with E-state index in [0.717, 1.165) is 24.8 Å². The van der Waals surface area contributed by atoms with Gasteiger partial charge in [0.25, 0.3) is 0 Å². The Bertz CT molecular complexity index is 825. The van der Waals surface area contributed by atoms with E-state index in [1.165, 1.54) is 19.3 Å². The van der Waals surface area contributed by atoms with Crippen molar-refractivity contribution >= 4 is 21.4 Å². The van der Waals surface area contributed by atoms with Crippen LogP contribution < -0.4 is 16.2 Å². The van der Waals surface area contributed by atoms with Gasteiger partial charge in [0.2, 0.25) is 10.0 Å². The van der Waals surface area contributed by atoms with Gasteiger partial charge in [-0.25, -0.2) is 13.1 Å². The highest BCUT2D eigenvalue weighted by Gasteiger charge is 2.52. The molecule has 4 aliphatic rings. The fourth-order valence-electron chi connectivity index (χ4n) is 6.41. The third kappa shape index (κ3) is 2.64. The van der Waals surface area contributed by atoms with Crippen molar-refractivity contribution in [1.29, 1.82) is 0 Å². The third-order valence-electron chi connectivity index (χ3n) is 7.16. The number of rotatable bonds is 4. The average Bonchev–Trinajstić information content (AvgIpc) is 2.53. The molecule has 5 nitrogen and oxygen atoms in total. The average molecular weight is 378 g/mol. The number of hydrogen-bond donors (Lipinski definition) is 3. The second-order valence-corrected chi connectivity index (χ2v) is 10.7. The Kier molecular flexibility index (Phi) is 4.08. The lowest BCUT2D eigenvalue weighted by Gasteiger charge is -2.56. The van der Waals surface area contributed by atoms with Crippen LogP contribution in [0.4, 0.5) is 11.4 Å². The fraction of sp³-hybridized carbons (Fsp3) is 0.700. The maximum absolute atomic E-state index is 13.5. The monoisotopic (exact) mass is 377 g/mol. The highest BCUT2D eigenvalue weighted by Crippen LogP contribution is 2.56. The van der Waals surface area contributed by atoms with E-state index >= 15 is 0 Å². The molecular formula is C20H31N3O2S. The van der Waals surface area contributed by atoms with E-state index in [0.29, 0.717) is 51.6 Å². The van der Waals surface area contributed by atoms with E-state index in [1.807, 2.05) is 13.8 Å². The summed E-state index contributed by atoms with van der Waals surface area (Å²) in [6, 6.07) is 0. The molecule has 0 unspecified atom stereocenters. The molecule has 5 rings (SSSR count). The number of hydrogen-bond acceptors (Lipinski definition) is 4. The Balaban J connectivity index is 1.77. The normalized spacial score (nSPS) is 33.0. The van der Waals surface area contributed by atoms with Crippen molar-refractivity contribution < 1.29 is 8.42 Å². The SMILES string of the molecule is CCc1c(N)c(C)c(N)c(C)c1S(=O)(=O)NC12CC3CC(CC(C3)C1)C2. The summed E-state index contributed by atoms with van der Waals surface area (Å²) < 4.78 is 30.2. The maximum Gasteiger partial charge on any atom is 0.241 e. The minimum atomic E-state index is -3.67. The Morgan fingerprint density at radius 2 is 1.46 bits per heavy atom. The topological polar surface area (TPSA) is 98.2 Å². The van der Waals surface area contributed by atoms with Gasteiger partial charge in [-0.1, -0.05) is 6.92 Å². The first-order valence-electron chi connectivity index (χ1n) is 9.86. The van der Waals surface area contributed by atoms with Crippen LogP contribution in [-0.4, -0.2) is 14.0 Å². The van der Waals surface area contributed by atoms with E-state index in [2.05, 4.69) is 4.72 Å². The van der Waals surface area contributed by atoms with Crippen LogP contribution in [0, 0.1) is 31.6 Å². The highest BCUT2D eigenvalue weighted by atomic mass is 32.2. The number of anilines is 2. The summed E-state index contributed by atoms with van der Waals surface area (Å²) in [7, 11) is -3.67. The lowest BCUT2D eigenvalue weighted by molar-refractivity contribution is -0.00811. The summed E-state index contributed by atoms with van der Waals surface area (Å²) in [4.78, 5) is 0.316. The number of nitrogens with two attached hydrogens (primary N) is 2. The molecule has 0 aromatic heterocycles. The van der Waals surface area contributed by atoms with Crippen LogP contribution >= 0.6 is 0 Å². The first-order valence-corrected chi connectivity index (χ1v) is 11.3. The van der Waals surface area contributed by atoms with Crippen molar-refractivity contribution in [2.75, 3.05) is 11.5 Å². The molecule has 0 heterocycles. The molecule has 0 atom stereocenters. The highest BCUT2D eigenvalue weighted by molar-refractivity contribution is 7.89. The van der Waals surface area contributed by atoms with Crippen molar-refractivity contribution in [1.82, 2.24) is 4.72 Å². The van der Waals surface area contributed by atoms with Gasteiger partial charge in [0.05, 0.1) is 4.90 Å². The first kappa shape index (κ1) is 18.1. The van der Waals surface area contributed by atoms with E-state index < -0.39 is 10.0 Å². The summed E-state index contributed by atoms with van der Waals surface area (Å²) in [5, 5.41) is 0. The molecule has 0 amide bonds. The number of nitrogen functional groups attached to an aromatic ring is 2. The summed E-state index contributed by atoms with van der Waals surface area (Å²) in [6.07, 6.45) is 7.37. The molecule has 4 aliphatic carbocycles. The van der Waals surface area contributed by atoms with Crippen molar-refractivity contribution in [3.8, 4) is 0 Å². The number of sulfonamides is 1. The first-order chi connectivity index (χ1) is 12.2. The molecule has 0 aliphatic heterocycles. The van der Waals surface area contributed by atoms with Gasteiger partial charge < -0.3 is 11.5 Å². The number of nitrogens with one attached hydrogen (secondary N) is 1. The molecule has 1 aromatic rings. The van der Waals surface area contributed by atoms with Gasteiger partial charge in [0.1, 0.15) is 0 Å². The van der Waals surface area contributed by atoms with Crippen LogP contribution in [-0.2, 0) is 16.4 Å². The molecule has 4 fully saturated rings. The molecule has 1 aromatic carbocycles. The lowest BCUT2D eigenvalue weighted by atomic mass is 9.53. The minimum Gasteiger partial charge on any atom is -0.398 e. The molecule has 6 heteroatoms. The molecule has 4 bridgehead atoms. The van der Waals surface area contributed by atoms with Crippen LogP contribution in [0.3, 0.4) is 0 Å². The quantitative estimate of drug-likeness (QED) is 0.701. The summed E-state index contributed by atoms with van der Waals surface area (Å²) in [5.74, 6) is 2.05. The summed E-state index contributed by atoms with van der Waals surface area (Å²) in [6.45, 7) is 5.61. The van der Waals surface area contributed by atoms with Gasteiger partial charge in [-0.05, 0) is 93.2 Å². The summed E-state index contributed by atoms with van der Waals surface area (Å²) >= 11 is 0. The predicted molar refractivity (Wildman–Crippen MR) is 105 cm³/mol. The molecule has 5 N–H and O–H groups in total. The van der Waals surface area contributed by atoms with Crippen LogP contribution in [0.5, 0.6) is 0 Å². The lowest BCUT2D eigenvalue weighted by Crippen LogP contribution is -2.59. The smallest absolute Gasteiger partial charge is 0.241 e. The van der Waals surface area contributed by atoms with E-state index in [1.54, 1.807) is 6.92 Å². The van der Waals surface area contributed by atoms with Crippen LogP contribution in [0.25, 0.3) is 0 Å². The van der Waals surface area contributed by atoms with Gasteiger partial charge in [-0.2, -0.15) is 0 Å². The molecule has 0 spiro atoms. The van der Waals surface area contributed by atoms with E-state index in [-0.39, 0.29) is 5.54 Å². The predicted octanol–water partition coefficient (Wildman–Crippen LogP) is 3.28. The van der Waals surface area contributed by atoms with Gasteiger partial charge in [0.15, 0.2) is 0 Å². The number of benzene rings is 1. The molecule has 26 heavy (non-hydrogen) atoms. The zero-order valence-corrected chi connectivity index (χ0v) is 16.9. The van der Waals surface area contributed by atoms with Gasteiger partial charge >= 0.3 is 0 Å². The van der Waals surface area contributed by atoms with Gasteiger partial charge in [-0.15, -0.1) is 0 Å².